The molecular formula is C26H27ClN2O4. The summed E-state index contributed by atoms with van der Waals surface area (Å²) < 4.78 is 17.0. The van der Waals surface area contributed by atoms with Gasteiger partial charge in [-0.1, -0.05) is 30.7 Å². The zero-order valence-corrected chi connectivity index (χ0v) is 19.8. The Balaban J connectivity index is 1.89. The molecule has 0 aliphatic carbocycles. The number of hydrogen-bond acceptors (Lipinski definition) is 4. The van der Waals surface area contributed by atoms with Gasteiger partial charge < -0.3 is 19.5 Å². The summed E-state index contributed by atoms with van der Waals surface area (Å²) in [4.78, 5) is 15.1. The SMILES string of the molecule is CC[C@@H](C)Oc1cc2c(cc1OC)NC(=O)N(c1ccc(OC)cc1)C2c1ccc(Cl)cc1. The summed E-state index contributed by atoms with van der Waals surface area (Å²) in [7, 11) is 3.21. The van der Waals surface area contributed by atoms with Gasteiger partial charge in [-0.05, 0) is 61.4 Å². The quantitative estimate of drug-likeness (QED) is 0.422. The topological polar surface area (TPSA) is 60.0 Å². The minimum absolute atomic E-state index is 0.0156. The van der Waals surface area contributed by atoms with E-state index in [4.69, 9.17) is 25.8 Å². The van der Waals surface area contributed by atoms with Crippen molar-refractivity contribution in [3.8, 4) is 17.2 Å². The number of urea groups is 1. The van der Waals surface area contributed by atoms with Gasteiger partial charge in [0.05, 0.1) is 32.1 Å². The maximum absolute atomic E-state index is 13.4. The van der Waals surface area contributed by atoms with Crippen molar-refractivity contribution >= 4 is 29.0 Å². The lowest BCUT2D eigenvalue weighted by molar-refractivity contribution is 0.207. The van der Waals surface area contributed by atoms with E-state index in [9.17, 15) is 4.79 Å². The third-order valence-corrected chi connectivity index (χ3v) is 6.04. The summed E-state index contributed by atoms with van der Waals surface area (Å²) in [5, 5.41) is 3.64. The van der Waals surface area contributed by atoms with Gasteiger partial charge in [-0.25, -0.2) is 4.79 Å². The Labute approximate surface area is 199 Å². The van der Waals surface area contributed by atoms with Crippen molar-refractivity contribution in [3.05, 3.63) is 76.8 Å². The zero-order valence-electron chi connectivity index (χ0n) is 19.1. The van der Waals surface area contributed by atoms with Gasteiger partial charge >= 0.3 is 6.03 Å². The summed E-state index contributed by atoms with van der Waals surface area (Å²) in [6.07, 6.45) is 0.872. The predicted molar refractivity (Wildman–Crippen MR) is 131 cm³/mol. The van der Waals surface area contributed by atoms with Crippen LogP contribution in [-0.4, -0.2) is 26.4 Å². The summed E-state index contributed by atoms with van der Waals surface area (Å²) in [6.45, 7) is 4.08. The molecule has 1 unspecified atom stereocenters. The fraction of sp³-hybridized carbons (Fsp3) is 0.269. The summed E-state index contributed by atoms with van der Waals surface area (Å²) in [5.74, 6) is 1.92. The first-order valence-corrected chi connectivity index (χ1v) is 11.2. The molecule has 2 atom stereocenters. The number of ether oxygens (including phenoxy) is 3. The van der Waals surface area contributed by atoms with Gasteiger partial charge in [-0.15, -0.1) is 0 Å². The minimum atomic E-state index is -0.399. The van der Waals surface area contributed by atoms with Crippen molar-refractivity contribution in [1.29, 1.82) is 0 Å². The molecule has 4 rings (SSSR count). The first-order chi connectivity index (χ1) is 15.9. The number of halogens is 1. The molecule has 0 radical (unpaired) electrons. The molecule has 1 aliphatic heterocycles. The van der Waals surface area contributed by atoms with E-state index in [0.717, 1.165) is 23.2 Å². The van der Waals surface area contributed by atoms with Crippen LogP contribution in [0.25, 0.3) is 0 Å². The van der Waals surface area contributed by atoms with E-state index in [1.807, 2.05) is 67.6 Å². The Hall–Kier alpha value is -3.38. The van der Waals surface area contributed by atoms with Crippen molar-refractivity contribution < 1.29 is 19.0 Å². The molecule has 172 valence electrons. The van der Waals surface area contributed by atoms with Crippen LogP contribution >= 0.6 is 11.6 Å². The third-order valence-electron chi connectivity index (χ3n) is 5.79. The molecule has 33 heavy (non-hydrogen) atoms. The van der Waals surface area contributed by atoms with Crippen LogP contribution in [0.3, 0.4) is 0 Å². The van der Waals surface area contributed by atoms with E-state index in [1.54, 1.807) is 19.1 Å². The Morgan fingerprint density at radius 3 is 2.30 bits per heavy atom. The number of anilines is 2. The minimum Gasteiger partial charge on any atom is -0.497 e. The Morgan fingerprint density at radius 1 is 1.00 bits per heavy atom. The number of rotatable bonds is 7. The standard InChI is InChI=1S/C26H27ClN2O4/c1-5-16(2)33-24-14-21-22(15-23(24)32-4)28-26(30)29(19-10-12-20(31-3)13-11-19)25(21)17-6-8-18(27)9-7-17/h6-16,25H,5H2,1-4H3,(H,28,30)/t16-,25?/m1/s1. The molecule has 1 aliphatic rings. The van der Waals surface area contributed by atoms with Crippen LogP contribution < -0.4 is 24.4 Å². The molecule has 3 aromatic rings. The van der Waals surface area contributed by atoms with Gasteiger partial charge in [-0.3, -0.25) is 4.90 Å². The number of carbonyl (C=O) groups excluding carboxylic acids is 1. The van der Waals surface area contributed by atoms with E-state index in [1.165, 1.54) is 0 Å². The van der Waals surface area contributed by atoms with Crippen molar-refractivity contribution in [2.45, 2.75) is 32.4 Å². The highest BCUT2D eigenvalue weighted by Gasteiger charge is 2.36. The van der Waals surface area contributed by atoms with Gasteiger partial charge in [-0.2, -0.15) is 0 Å². The molecule has 0 spiro atoms. The van der Waals surface area contributed by atoms with Crippen LogP contribution in [0.1, 0.15) is 37.4 Å². The normalized spacial score (nSPS) is 16.0. The van der Waals surface area contributed by atoms with Gasteiger partial charge in [0.1, 0.15) is 5.75 Å². The average Bonchev–Trinajstić information content (AvgIpc) is 2.83. The number of methoxy groups -OCH3 is 2. The number of amides is 2. The van der Waals surface area contributed by atoms with E-state index in [0.29, 0.717) is 28.0 Å². The Bertz CT molecular complexity index is 1130. The molecule has 1 heterocycles. The molecular weight excluding hydrogens is 440 g/mol. The molecule has 0 saturated heterocycles. The lowest BCUT2D eigenvalue weighted by Crippen LogP contribution is -2.43. The first-order valence-electron chi connectivity index (χ1n) is 10.8. The summed E-state index contributed by atoms with van der Waals surface area (Å²) >= 11 is 6.16. The van der Waals surface area contributed by atoms with Crippen LogP contribution in [0.4, 0.5) is 16.2 Å². The highest BCUT2D eigenvalue weighted by atomic mass is 35.5. The third kappa shape index (κ3) is 4.57. The van der Waals surface area contributed by atoms with Gasteiger partial charge in [0.25, 0.3) is 0 Å². The van der Waals surface area contributed by atoms with E-state index >= 15 is 0 Å². The fourth-order valence-corrected chi connectivity index (χ4v) is 4.00. The molecule has 0 saturated carbocycles. The second-order valence-corrected chi connectivity index (χ2v) is 8.32. The maximum Gasteiger partial charge on any atom is 0.327 e. The molecule has 2 amide bonds. The van der Waals surface area contributed by atoms with E-state index < -0.39 is 6.04 Å². The van der Waals surface area contributed by atoms with E-state index in [2.05, 4.69) is 12.2 Å². The molecule has 6 nitrogen and oxygen atoms in total. The first kappa shape index (κ1) is 22.8. The molecule has 3 aromatic carbocycles. The average molecular weight is 467 g/mol. The van der Waals surface area contributed by atoms with Crippen molar-refractivity contribution in [2.75, 3.05) is 24.4 Å². The molecule has 0 fully saturated rings. The Morgan fingerprint density at radius 2 is 1.70 bits per heavy atom. The zero-order chi connectivity index (χ0) is 23.5. The van der Waals surface area contributed by atoms with Crippen LogP contribution in [0, 0.1) is 0 Å². The smallest absolute Gasteiger partial charge is 0.327 e. The van der Waals surface area contributed by atoms with E-state index in [-0.39, 0.29) is 12.1 Å². The number of fused-ring (bicyclic) bond motifs is 1. The molecule has 1 N–H and O–H groups in total. The number of nitrogens with zero attached hydrogens (tertiary/aromatic N) is 1. The number of benzene rings is 3. The monoisotopic (exact) mass is 466 g/mol. The van der Waals surface area contributed by atoms with Gasteiger partial charge in [0.2, 0.25) is 0 Å². The lowest BCUT2D eigenvalue weighted by Gasteiger charge is -2.38. The van der Waals surface area contributed by atoms with Crippen LogP contribution in [0.2, 0.25) is 5.02 Å². The van der Waals surface area contributed by atoms with Crippen molar-refractivity contribution in [1.82, 2.24) is 0 Å². The fourth-order valence-electron chi connectivity index (χ4n) is 3.88. The highest BCUT2D eigenvalue weighted by molar-refractivity contribution is 6.30. The van der Waals surface area contributed by atoms with Crippen molar-refractivity contribution in [2.24, 2.45) is 0 Å². The number of carbonyl (C=O) groups is 1. The molecule has 0 bridgehead atoms. The summed E-state index contributed by atoms with van der Waals surface area (Å²) in [5.41, 5.74) is 3.23. The van der Waals surface area contributed by atoms with Gasteiger partial charge in [0, 0.05) is 22.3 Å². The van der Waals surface area contributed by atoms with Crippen LogP contribution in [0.15, 0.2) is 60.7 Å². The predicted octanol–water partition coefficient (Wildman–Crippen LogP) is 6.68. The molecule has 0 aromatic heterocycles. The largest absolute Gasteiger partial charge is 0.497 e. The second-order valence-electron chi connectivity index (χ2n) is 7.88. The van der Waals surface area contributed by atoms with Crippen LogP contribution in [0.5, 0.6) is 17.2 Å². The van der Waals surface area contributed by atoms with Gasteiger partial charge in [0.15, 0.2) is 11.5 Å². The Kier molecular flexibility index (Phi) is 6.65. The lowest BCUT2D eigenvalue weighted by atomic mass is 9.92. The van der Waals surface area contributed by atoms with Crippen LogP contribution in [-0.2, 0) is 0 Å². The summed E-state index contributed by atoms with van der Waals surface area (Å²) in [6, 6.07) is 18.1. The highest BCUT2D eigenvalue weighted by Crippen LogP contribution is 2.45. The van der Waals surface area contributed by atoms with Crippen molar-refractivity contribution in [3.63, 3.8) is 0 Å². The second kappa shape index (κ2) is 9.63. The number of hydrogen-bond donors (Lipinski definition) is 1. The molecule has 7 heteroatoms. The number of nitrogens with one attached hydrogen (secondary N) is 1. The maximum atomic E-state index is 13.4.